The summed E-state index contributed by atoms with van der Waals surface area (Å²) in [5.41, 5.74) is 0. The van der Waals surface area contributed by atoms with Crippen LogP contribution in [0.1, 0.15) is 162 Å². The van der Waals surface area contributed by atoms with E-state index in [-0.39, 0.29) is 5.97 Å². The van der Waals surface area contributed by atoms with Crippen molar-refractivity contribution in [3.8, 4) is 0 Å². The van der Waals surface area contributed by atoms with Crippen LogP contribution < -0.4 is 0 Å². The molecular formula is C34H65NO3. The molecule has 38 heavy (non-hydrogen) atoms. The second-order valence-electron chi connectivity index (χ2n) is 11.6. The molecule has 1 unspecified atom stereocenters. The van der Waals surface area contributed by atoms with Crippen LogP contribution in [0.5, 0.6) is 0 Å². The zero-order chi connectivity index (χ0) is 28.1. The zero-order valence-corrected chi connectivity index (χ0v) is 25.9. The van der Waals surface area contributed by atoms with Gasteiger partial charge in [0.2, 0.25) is 0 Å². The number of hydrogen-bond acceptors (Lipinski definition) is 4. The quantitative estimate of drug-likeness (QED) is 0.0521. The van der Waals surface area contributed by atoms with Gasteiger partial charge in [0.15, 0.2) is 0 Å². The van der Waals surface area contributed by atoms with E-state index >= 15 is 0 Å². The molecule has 0 saturated heterocycles. The fourth-order valence-corrected chi connectivity index (χ4v) is 5.13. The summed E-state index contributed by atoms with van der Waals surface area (Å²) in [6.45, 7) is 14.0. The number of hydrogen-bond donors (Lipinski definition) is 0. The van der Waals surface area contributed by atoms with Gasteiger partial charge >= 0.3 is 5.97 Å². The summed E-state index contributed by atoms with van der Waals surface area (Å²) in [6, 6.07) is 0. The van der Waals surface area contributed by atoms with Crippen molar-refractivity contribution in [2.45, 2.75) is 162 Å². The SMILES string of the molecule is C=CCCCN(CCCCCC(C)=O)CCCCCC(=O)OCC(CCCCCC)CCCCCCCC. The van der Waals surface area contributed by atoms with Crippen LogP contribution in [0.4, 0.5) is 0 Å². The maximum atomic E-state index is 12.4. The molecule has 1 atom stereocenters. The van der Waals surface area contributed by atoms with E-state index in [9.17, 15) is 9.59 Å². The number of carbonyl (C=O) groups excluding carboxylic acids is 2. The first-order chi connectivity index (χ1) is 18.5. The molecule has 0 aliphatic rings. The summed E-state index contributed by atoms with van der Waals surface area (Å²) in [7, 11) is 0. The molecule has 0 radical (unpaired) electrons. The van der Waals surface area contributed by atoms with E-state index in [1.807, 2.05) is 6.08 Å². The Labute approximate surface area is 237 Å². The van der Waals surface area contributed by atoms with Crippen LogP contribution in [0, 0.1) is 5.92 Å². The maximum Gasteiger partial charge on any atom is 0.305 e. The van der Waals surface area contributed by atoms with E-state index < -0.39 is 0 Å². The molecule has 0 spiro atoms. The van der Waals surface area contributed by atoms with Gasteiger partial charge in [0.1, 0.15) is 5.78 Å². The van der Waals surface area contributed by atoms with Crippen molar-refractivity contribution >= 4 is 11.8 Å². The molecule has 0 aromatic heterocycles. The van der Waals surface area contributed by atoms with Crippen LogP contribution in [0.2, 0.25) is 0 Å². The summed E-state index contributed by atoms with van der Waals surface area (Å²) in [6.07, 6.45) is 27.5. The van der Waals surface area contributed by atoms with Crippen molar-refractivity contribution in [1.82, 2.24) is 4.90 Å². The zero-order valence-electron chi connectivity index (χ0n) is 25.9. The van der Waals surface area contributed by atoms with E-state index in [0.29, 0.717) is 31.1 Å². The predicted octanol–water partition coefficient (Wildman–Crippen LogP) is 9.84. The number of ketones is 1. The number of carbonyl (C=O) groups is 2. The Morgan fingerprint density at radius 1 is 0.684 bits per heavy atom. The molecule has 0 aliphatic heterocycles. The van der Waals surface area contributed by atoms with Gasteiger partial charge in [0.25, 0.3) is 0 Å². The first-order valence-electron chi connectivity index (χ1n) is 16.5. The van der Waals surface area contributed by atoms with E-state index in [1.165, 1.54) is 77.0 Å². The second-order valence-corrected chi connectivity index (χ2v) is 11.6. The van der Waals surface area contributed by atoms with Gasteiger partial charge in [-0.25, -0.2) is 0 Å². The molecular weight excluding hydrogens is 470 g/mol. The lowest BCUT2D eigenvalue weighted by molar-refractivity contribution is -0.145. The fourth-order valence-electron chi connectivity index (χ4n) is 5.13. The molecule has 4 nitrogen and oxygen atoms in total. The van der Waals surface area contributed by atoms with Gasteiger partial charge in [-0.1, -0.05) is 97.0 Å². The lowest BCUT2D eigenvalue weighted by atomic mass is 9.95. The highest BCUT2D eigenvalue weighted by Crippen LogP contribution is 2.20. The van der Waals surface area contributed by atoms with Crippen LogP contribution in [0.15, 0.2) is 12.7 Å². The highest BCUT2D eigenvalue weighted by molar-refractivity contribution is 5.75. The molecule has 0 heterocycles. The summed E-state index contributed by atoms with van der Waals surface area (Å²) in [5, 5.41) is 0. The number of unbranched alkanes of at least 4 members (excludes halogenated alkanes) is 13. The Bertz CT molecular complexity index is 548. The van der Waals surface area contributed by atoms with Crippen molar-refractivity contribution in [1.29, 1.82) is 0 Å². The Morgan fingerprint density at radius 3 is 1.76 bits per heavy atom. The van der Waals surface area contributed by atoms with Crippen LogP contribution in [-0.2, 0) is 14.3 Å². The monoisotopic (exact) mass is 535 g/mol. The first kappa shape index (κ1) is 36.8. The summed E-state index contributed by atoms with van der Waals surface area (Å²) < 4.78 is 5.76. The topological polar surface area (TPSA) is 46.6 Å². The van der Waals surface area contributed by atoms with Gasteiger partial charge in [0, 0.05) is 12.8 Å². The molecule has 0 amide bonds. The van der Waals surface area contributed by atoms with Crippen LogP contribution >= 0.6 is 0 Å². The molecule has 0 aliphatic carbocycles. The predicted molar refractivity (Wildman–Crippen MR) is 165 cm³/mol. The third-order valence-electron chi connectivity index (χ3n) is 7.65. The Balaban J connectivity index is 4.17. The van der Waals surface area contributed by atoms with Crippen LogP contribution in [-0.4, -0.2) is 42.9 Å². The Morgan fingerprint density at radius 2 is 1.18 bits per heavy atom. The Kier molecular flexibility index (Phi) is 28.0. The number of Topliss-reactive ketones (excluding diaryl/α,β-unsaturated/α-hetero) is 1. The minimum Gasteiger partial charge on any atom is -0.465 e. The molecule has 0 aromatic rings. The smallest absolute Gasteiger partial charge is 0.305 e. The van der Waals surface area contributed by atoms with E-state index in [1.54, 1.807) is 6.92 Å². The minimum absolute atomic E-state index is 0.000172. The molecule has 0 aromatic carbocycles. The molecule has 224 valence electrons. The van der Waals surface area contributed by atoms with Gasteiger partial charge in [0.05, 0.1) is 6.61 Å². The lowest BCUT2D eigenvalue weighted by Gasteiger charge is -2.22. The third-order valence-corrected chi connectivity index (χ3v) is 7.65. The molecule has 0 rings (SSSR count). The maximum absolute atomic E-state index is 12.4. The highest BCUT2D eigenvalue weighted by atomic mass is 16.5. The average molecular weight is 536 g/mol. The standard InChI is InChI=1S/C34H65NO3/c1-5-8-11-13-14-19-26-33(25-18-12-9-6-2)31-38-34(37)27-20-16-23-30-35(28-21-10-7-3)29-22-15-17-24-32(4)36/h7,33H,3,5-6,8-31H2,1-2,4H3. The average Bonchev–Trinajstić information content (AvgIpc) is 2.90. The summed E-state index contributed by atoms with van der Waals surface area (Å²) >= 11 is 0. The first-order valence-corrected chi connectivity index (χ1v) is 16.5. The van der Waals surface area contributed by atoms with Crippen molar-refractivity contribution in [2.24, 2.45) is 5.92 Å². The normalized spacial score (nSPS) is 12.1. The van der Waals surface area contributed by atoms with Crippen molar-refractivity contribution in [3.63, 3.8) is 0 Å². The van der Waals surface area contributed by atoms with Crippen LogP contribution in [0.3, 0.4) is 0 Å². The van der Waals surface area contributed by atoms with Gasteiger partial charge < -0.3 is 14.4 Å². The van der Waals surface area contributed by atoms with E-state index in [0.717, 1.165) is 71.0 Å². The van der Waals surface area contributed by atoms with Crippen molar-refractivity contribution in [2.75, 3.05) is 26.2 Å². The number of rotatable bonds is 30. The minimum atomic E-state index is -0.000172. The van der Waals surface area contributed by atoms with Gasteiger partial charge in [-0.15, -0.1) is 6.58 Å². The van der Waals surface area contributed by atoms with E-state index in [2.05, 4.69) is 25.3 Å². The van der Waals surface area contributed by atoms with Crippen molar-refractivity contribution in [3.05, 3.63) is 12.7 Å². The molecule has 0 bridgehead atoms. The van der Waals surface area contributed by atoms with Crippen molar-refractivity contribution < 1.29 is 14.3 Å². The number of esters is 1. The molecule has 0 N–H and O–H groups in total. The molecule has 0 saturated carbocycles. The van der Waals surface area contributed by atoms with Gasteiger partial charge in [-0.05, 0) is 83.8 Å². The highest BCUT2D eigenvalue weighted by Gasteiger charge is 2.12. The number of allylic oxidation sites excluding steroid dienone is 1. The number of ether oxygens (including phenoxy) is 1. The van der Waals surface area contributed by atoms with Gasteiger partial charge in [-0.3, -0.25) is 4.79 Å². The molecule has 0 fully saturated rings. The summed E-state index contributed by atoms with van der Waals surface area (Å²) in [5.74, 6) is 0.841. The third kappa shape index (κ3) is 26.4. The molecule has 4 heteroatoms. The van der Waals surface area contributed by atoms with Gasteiger partial charge in [-0.2, -0.15) is 0 Å². The van der Waals surface area contributed by atoms with E-state index in [4.69, 9.17) is 4.74 Å². The number of nitrogens with zero attached hydrogens (tertiary/aromatic N) is 1. The second kappa shape index (κ2) is 28.8. The largest absolute Gasteiger partial charge is 0.465 e. The summed E-state index contributed by atoms with van der Waals surface area (Å²) in [4.78, 5) is 26.1. The fraction of sp³-hybridized carbons (Fsp3) is 0.882. The Hall–Kier alpha value is -1.16. The lowest BCUT2D eigenvalue weighted by Crippen LogP contribution is -2.27. The van der Waals surface area contributed by atoms with Crippen LogP contribution in [0.25, 0.3) is 0 Å².